The molecule has 2 amide bonds. The molecule has 0 aromatic heterocycles. The van der Waals surface area contributed by atoms with Crippen molar-refractivity contribution in [1.82, 2.24) is 10.2 Å². The first-order valence-corrected chi connectivity index (χ1v) is 6.62. The normalized spacial score (nSPS) is 18.4. The average Bonchev–Trinajstić information content (AvgIpc) is 2.23. The van der Waals surface area contributed by atoms with Crippen LogP contribution in [0.5, 0.6) is 0 Å². The second-order valence-electron chi connectivity index (χ2n) is 5.11. The van der Waals surface area contributed by atoms with Crippen LogP contribution in [0.25, 0.3) is 0 Å². The number of benzene rings is 1. The fourth-order valence-corrected chi connectivity index (χ4v) is 2.65. The summed E-state index contributed by atoms with van der Waals surface area (Å²) in [5.74, 6) is -0.759. The third kappa shape index (κ3) is 3.12. The van der Waals surface area contributed by atoms with E-state index in [-0.39, 0.29) is 30.7 Å². The second kappa shape index (κ2) is 4.92. The fourth-order valence-electron chi connectivity index (χ4n) is 2.13. The largest absolute Gasteiger partial charge is 0.341 e. The average molecular weight is 329 g/mol. The molecular formula is C13H14BrFN2O2. The predicted molar refractivity (Wildman–Crippen MR) is 71.7 cm³/mol. The zero-order chi connectivity index (χ0) is 14.2. The molecule has 1 aromatic carbocycles. The summed E-state index contributed by atoms with van der Waals surface area (Å²) in [5, 5.41) is 2.63. The van der Waals surface area contributed by atoms with Crippen molar-refractivity contribution in [2.75, 3.05) is 6.54 Å². The maximum absolute atomic E-state index is 13.3. The molecule has 0 aliphatic carbocycles. The second-order valence-corrected chi connectivity index (χ2v) is 6.03. The van der Waals surface area contributed by atoms with Crippen LogP contribution in [0.3, 0.4) is 0 Å². The summed E-state index contributed by atoms with van der Waals surface area (Å²) in [7, 11) is 0. The lowest BCUT2D eigenvalue weighted by Crippen LogP contribution is -2.63. The summed E-state index contributed by atoms with van der Waals surface area (Å²) in [6.07, 6.45) is 0. The predicted octanol–water partition coefficient (Wildman–Crippen LogP) is 1.83. The molecule has 1 fully saturated rings. The quantitative estimate of drug-likeness (QED) is 0.900. The molecule has 2 rings (SSSR count). The molecule has 19 heavy (non-hydrogen) atoms. The summed E-state index contributed by atoms with van der Waals surface area (Å²) in [6.45, 7) is 3.52. The van der Waals surface area contributed by atoms with Crippen LogP contribution in [0.4, 0.5) is 4.39 Å². The highest BCUT2D eigenvalue weighted by Gasteiger charge is 2.38. The van der Waals surface area contributed by atoms with E-state index in [1.165, 1.54) is 17.0 Å². The molecule has 0 unspecified atom stereocenters. The summed E-state index contributed by atoms with van der Waals surface area (Å²) in [4.78, 5) is 25.2. The van der Waals surface area contributed by atoms with Crippen LogP contribution in [-0.2, 0) is 16.1 Å². The van der Waals surface area contributed by atoms with Gasteiger partial charge in [0.25, 0.3) is 0 Å². The fraction of sp³-hybridized carbons (Fsp3) is 0.385. The van der Waals surface area contributed by atoms with Crippen molar-refractivity contribution >= 4 is 27.7 Å². The molecule has 1 aromatic rings. The molecule has 1 saturated heterocycles. The van der Waals surface area contributed by atoms with Crippen LogP contribution in [-0.4, -0.2) is 28.8 Å². The molecule has 1 aliphatic rings. The van der Waals surface area contributed by atoms with Crippen molar-refractivity contribution in [3.8, 4) is 0 Å². The van der Waals surface area contributed by atoms with Gasteiger partial charge in [0.15, 0.2) is 0 Å². The van der Waals surface area contributed by atoms with E-state index in [2.05, 4.69) is 21.2 Å². The topological polar surface area (TPSA) is 49.4 Å². The van der Waals surface area contributed by atoms with Gasteiger partial charge in [0.2, 0.25) is 11.8 Å². The van der Waals surface area contributed by atoms with E-state index < -0.39 is 5.54 Å². The van der Waals surface area contributed by atoms with Crippen LogP contribution in [0.1, 0.15) is 19.4 Å². The maximum atomic E-state index is 13.3. The lowest BCUT2D eigenvalue weighted by Gasteiger charge is -2.37. The van der Waals surface area contributed by atoms with Crippen LogP contribution >= 0.6 is 15.9 Å². The minimum absolute atomic E-state index is 0.00358. The van der Waals surface area contributed by atoms with Gasteiger partial charge in [0.1, 0.15) is 11.4 Å². The minimum Gasteiger partial charge on any atom is -0.341 e. The van der Waals surface area contributed by atoms with Crippen molar-refractivity contribution in [3.05, 3.63) is 34.1 Å². The Morgan fingerprint density at radius 2 is 2.05 bits per heavy atom. The molecule has 6 heteroatoms. The molecule has 0 bridgehead atoms. The van der Waals surface area contributed by atoms with Crippen LogP contribution in [0.2, 0.25) is 0 Å². The molecule has 0 atom stereocenters. The number of carbonyl (C=O) groups excluding carboxylic acids is 2. The van der Waals surface area contributed by atoms with Crippen molar-refractivity contribution in [2.24, 2.45) is 0 Å². The number of nitrogens with one attached hydrogen (secondary N) is 1. The monoisotopic (exact) mass is 328 g/mol. The molecule has 102 valence electrons. The number of amides is 2. The molecule has 1 aliphatic heterocycles. The lowest BCUT2D eigenvalue weighted by molar-refractivity contribution is -0.148. The van der Waals surface area contributed by atoms with Gasteiger partial charge in [-0.15, -0.1) is 0 Å². The SMILES string of the molecule is CC1(C)NC(=O)CN(Cc2cc(F)cc(Br)c2)C1=O. The molecule has 1 N–H and O–H groups in total. The smallest absolute Gasteiger partial charge is 0.248 e. The zero-order valence-corrected chi connectivity index (χ0v) is 12.3. The first-order valence-electron chi connectivity index (χ1n) is 5.83. The van der Waals surface area contributed by atoms with Gasteiger partial charge in [0.05, 0.1) is 6.54 Å². The van der Waals surface area contributed by atoms with Gasteiger partial charge < -0.3 is 10.2 Å². The number of hydrogen-bond donors (Lipinski definition) is 1. The van der Waals surface area contributed by atoms with Crippen molar-refractivity contribution < 1.29 is 14.0 Å². The molecule has 4 nitrogen and oxygen atoms in total. The standard InChI is InChI=1S/C13H14BrFN2O2/c1-13(2)12(19)17(7-11(18)16-13)6-8-3-9(14)5-10(15)4-8/h3-5H,6-7H2,1-2H3,(H,16,18). The van der Waals surface area contributed by atoms with E-state index in [4.69, 9.17) is 0 Å². The Labute approximate surface area is 119 Å². The lowest BCUT2D eigenvalue weighted by atomic mass is 10.00. The number of halogens is 2. The zero-order valence-electron chi connectivity index (χ0n) is 10.7. The van der Waals surface area contributed by atoms with Gasteiger partial charge in [-0.2, -0.15) is 0 Å². The summed E-state index contributed by atoms with van der Waals surface area (Å²) < 4.78 is 13.9. The van der Waals surface area contributed by atoms with E-state index in [1.807, 2.05) is 0 Å². The van der Waals surface area contributed by atoms with Crippen LogP contribution in [0, 0.1) is 5.82 Å². The highest BCUT2D eigenvalue weighted by Crippen LogP contribution is 2.19. The number of carbonyl (C=O) groups is 2. The first-order chi connectivity index (χ1) is 8.78. The third-order valence-corrected chi connectivity index (χ3v) is 3.36. The molecule has 0 radical (unpaired) electrons. The third-order valence-electron chi connectivity index (χ3n) is 2.90. The van der Waals surface area contributed by atoms with E-state index in [9.17, 15) is 14.0 Å². The van der Waals surface area contributed by atoms with E-state index in [0.717, 1.165) is 0 Å². The van der Waals surface area contributed by atoms with E-state index in [1.54, 1.807) is 19.9 Å². The Morgan fingerprint density at radius 1 is 1.37 bits per heavy atom. The van der Waals surface area contributed by atoms with E-state index >= 15 is 0 Å². The van der Waals surface area contributed by atoms with Crippen LogP contribution in [0.15, 0.2) is 22.7 Å². The molecule has 0 spiro atoms. The first kappa shape index (κ1) is 14.0. The molecular weight excluding hydrogens is 315 g/mol. The Balaban J connectivity index is 2.22. The highest BCUT2D eigenvalue weighted by molar-refractivity contribution is 9.10. The van der Waals surface area contributed by atoms with Crippen molar-refractivity contribution in [2.45, 2.75) is 25.9 Å². The van der Waals surface area contributed by atoms with Gasteiger partial charge in [0, 0.05) is 11.0 Å². The molecule has 1 heterocycles. The van der Waals surface area contributed by atoms with Gasteiger partial charge >= 0.3 is 0 Å². The number of piperazine rings is 1. The van der Waals surface area contributed by atoms with Gasteiger partial charge in [-0.1, -0.05) is 15.9 Å². The Bertz CT molecular complexity index is 525. The number of hydrogen-bond acceptors (Lipinski definition) is 2. The van der Waals surface area contributed by atoms with Gasteiger partial charge in [-0.3, -0.25) is 9.59 Å². The van der Waals surface area contributed by atoms with Gasteiger partial charge in [-0.25, -0.2) is 4.39 Å². The maximum Gasteiger partial charge on any atom is 0.248 e. The summed E-state index contributed by atoms with van der Waals surface area (Å²) >= 11 is 3.20. The number of rotatable bonds is 2. The minimum atomic E-state index is -0.917. The van der Waals surface area contributed by atoms with Crippen molar-refractivity contribution in [1.29, 1.82) is 0 Å². The Kier molecular flexibility index (Phi) is 3.62. The Hall–Kier alpha value is -1.43. The Morgan fingerprint density at radius 3 is 2.68 bits per heavy atom. The van der Waals surface area contributed by atoms with Crippen LogP contribution < -0.4 is 5.32 Å². The highest BCUT2D eigenvalue weighted by atomic mass is 79.9. The van der Waals surface area contributed by atoms with E-state index in [0.29, 0.717) is 10.0 Å². The summed E-state index contributed by atoms with van der Waals surface area (Å²) in [5.41, 5.74) is -0.273. The van der Waals surface area contributed by atoms with Gasteiger partial charge in [-0.05, 0) is 37.6 Å². The summed E-state index contributed by atoms with van der Waals surface area (Å²) in [6, 6.07) is 4.44. The van der Waals surface area contributed by atoms with Crippen molar-refractivity contribution in [3.63, 3.8) is 0 Å². The molecule has 0 saturated carbocycles. The number of nitrogens with zero attached hydrogens (tertiary/aromatic N) is 1.